The minimum absolute atomic E-state index is 0.0874. The zero-order chi connectivity index (χ0) is 13.5. The van der Waals surface area contributed by atoms with Crippen LogP contribution in [-0.2, 0) is 10.2 Å². The normalized spacial score (nSPS) is 26.1. The van der Waals surface area contributed by atoms with E-state index in [4.69, 9.17) is 22.1 Å². The molecule has 1 aliphatic carbocycles. The SMILES string of the molecule is COC1CC(c2ccc(Cl)cc2)(c2cc(N)n[nH]2)C1. The first kappa shape index (κ1) is 12.5. The highest BCUT2D eigenvalue weighted by Crippen LogP contribution is 2.49. The minimum Gasteiger partial charge on any atom is -0.382 e. The number of ether oxygens (including phenoxy) is 1. The number of methoxy groups -OCH3 is 1. The summed E-state index contributed by atoms with van der Waals surface area (Å²) in [5.74, 6) is 0.518. The molecule has 0 atom stereocenters. The first-order chi connectivity index (χ1) is 9.14. The van der Waals surface area contributed by atoms with E-state index in [0.29, 0.717) is 5.82 Å². The van der Waals surface area contributed by atoms with Gasteiger partial charge in [-0.15, -0.1) is 0 Å². The van der Waals surface area contributed by atoms with Gasteiger partial charge in [-0.2, -0.15) is 5.10 Å². The van der Waals surface area contributed by atoms with Crippen molar-refractivity contribution in [3.8, 4) is 0 Å². The van der Waals surface area contributed by atoms with Crippen molar-refractivity contribution in [3.05, 3.63) is 46.6 Å². The Kier molecular flexibility index (Phi) is 2.99. The average Bonchev–Trinajstić information content (AvgIpc) is 2.78. The summed E-state index contributed by atoms with van der Waals surface area (Å²) < 4.78 is 5.42. The number of nitrogens with zero attached hydrogens (tertiary/aromatic N) is 1. The molecule has 0 saturated heterocycles. The molecule has 0 bridgehead atoms. The summed E-state index contributed by atoms with van der Waals surface area (Å²) in [4.78, 5) is 0. The molecule has 1 fully saturated rings. The van der Waals surface area contributed by atoms with Gasteiger partial charge in [0.2, 0.25) is 0 Å². The number of anilines is 1. The molecule has 19 heavy (non-hydrogen) atoms. The lowest BCUT2D eigenvalue weighted by molar-refractivity contribution is -0.00442. The molecular formula is C14H16ClN3O. The van der Waals surface area contributed by atoms with Crippen LogP contribution in [0.1, 0.15) is 24.1 Å². The maximum Gasteiger partial charge on any atom is 0.145 e. The number of nitrogen functional groups attached to an aromatic ring is 1. The number of hydrogen-bond acceptors (Lipinski definition) is 3. The van der Waals surface area contributed by atoms with E-state index in [2.05, 4.69) is 22.3 Å². The van der Waals surface area contributed by atoms with Crippen molar-refractivity contribution in [2.45, 2.75) is 24.4 Å². The van der Waals surface area contributed by atoms with Gasteiger partial charge in [-0.1, -0.05) is 23.7 Å². The number of rotatable bonds is 3. The van der Waals surface area contributed by atoms with Crippen molar-refractivity contribution in [1.29, 1.82) is 0 Å². The lowest BCUT2D eigenvalue weighted by Gasteiger charge is -2.46. The van der Waals surface area contributed by atoms with Crippen LogP contribution in [0.3, 0.4) is 0 Å². The Labute approximate surface area is 116 Å². The Balaban J connectivity index is 2.01. The fourth-order valence-corrected chi connectivity index (χ4v) is 2.97. The molecule has 1 aliphatic rings. The molecule has 1 heterocycles. The zero-order valence-corrected chi connectivity index (χ0v) is 11.4. The summed E-state index contributed by atoms with van der Waals surface area (Å²) in [6.45, 7) is 0. The number of aromatic amines is 1. The van der Waals surface area contributed by atoms with Gasteiger partial charge in [0.25, 0.3) is 0 Å². The average molecular weight is 278 g/mol. The Bertz CT molecular complexity index is 573. The molecule has 5 heteroatoms. The van der Waals surface area contributed by atoms with Crippen LogP contribution in [0.25, 0.3) is 0 Å². The summed E-state index contributed by atoms with van der Waals surface area (Å²) in [5.41, 5.74) is 7.90. The smallest absolute Gasteiger partial charge is 0.145 e. The van der Waals surface area contributed by atoms with Crippen LogP contribution in [0.4, 0.5) is 5.82 Å². The Morgan fingerprint density at radius 3 is 2.58 bits per heavy atom. The molecule has 3 N–H and O–H groups in total. The summed E-state index contributed by atoms with van der Waals surface area (Å²) >= 11 is 5.96. The van der Waals surface area contributed by atoms with Gasteiger partial charge >= 0.3 is 0 Å². The van der Waals surface area contributed by atoms with Gasteiger partial charge in [0, 0.05) is 29.3 Å². The van der Waals surface area contributed by atoms with Gasteiger partial charge in [-0.05, 0) is 30.5 Å². The van der Waals surface area contributed by atoms with Crippen molar-refractivity contribution < 1.29 is 4.74 Å². The van der Waals surface area contributed by atoms with Crippen LogP contribution in [0, 0.1) is 0 Å². The monoisotopic (exact) mass is 277 g/mol. The van der Waals surface area contributed by atoms with E-state index in [1.54, 1.807) is 7.11 Å². The van der Waals surface area contributed by atoms with Crippen LogP contribution in [0.2, 0.25) is 5.02 Å². The number of H-pyrrole nitrogens is 1. The Morgan fingerprint density at radius 2 is 2.05 bits per heavy atom. The number of nitrogens with one attached hydrogen (secondary N) is 1. The Hall–Kier alpha value is -1.52. The van der Waals surface area contributed by atoms with Crippen LogP contribution >= 0.6 is 11.6 Å². The molecule has 1 aromatic carbocycles. The van der Waals surface area contributed by atoms with Gasteiger partial charge in [0.1, 0.15) is 5.82 Å². The molecule has 0 spiro atoms. The van der Waals surface area contributed by atoms with Gasteiger partial charge in [0.15, 0.2) is 0 Å². The minimum atomic E-state index is -0.0874. The van der Waals surface area contributed by atoms with E-state index >= 15 is 0 Å². The number of halogens is 1. The molecule has 1 aromatic heterocycles. The molecule has 3 rings (SSSR count). The van der Waals surface area contributed by atoms with Gasteiger partial charge in [-0.3, -0.25) is 5.10 Å². The predicted molar refractivity (Wildman–Crippen MR) is 75.3 cm³/mol. The first-order valence-corrected chi connectivity index (χ1v) is 6.62. The second-order valence-electron chi connectivity index (χ2n) is 5.06. The first-order valence-electron chi connectivity index (χ1n) is 6.24. The van der Waals surface area contributed by atoms with Crippen LogP contribution in [0.15, 0.2) is 30.3 Å². The lowest BCUT2D eigenvalue weighted by Crippen LogP contribution is -2.46. The maximum atomic E-state index is 5.96. The van der Waals surface area contributed by atoms with Crippen LogP contribution < -0.4 is 5.73 Å². The third-order valence-corrected chi connectivity index (χ3v) is 4.25. The van der Waals surface area contributed by atoms with E-state index in [1.165, 1.54) is 5.56 Å². The van der Waals surface area contributed by atoms with Crippen LogP contribution in [0.5, 0.6) is 0 Å². The molecular weight excluding hydrogens is 262 g/mol. The third-order valence-electron chi connectivity index (χ3n) is 4.00. The molecule has 0 unspecified atom stereocenters. The fraction of sp³-hybridized carbons (Fsp3) is 0.357. The van der Waals surface area contributed by atoms with E-state index in [1.807, 2.05) is 18.2 Å². The summed E-state index contributed by atoms with van der Waals surface area (Å²) in [6.07, 6.45) is 2.12. The van der Waals surface area contributed by atoms with Crippen LogP contribution in [-0.4, -0.2) is 23.4 Å². The van der Waals surface area contributed by atoms with E-state index in [9.17, 15) is 0 Å². The highest BCUT2D eigenvalue weighted by molar-refractivity contribution is 6.30. The van der Waals surface area contributed by atoms with E-state index < -0.39 is 0 Å². The molecule has 0 aliphatic heterocycles. The molecule has 4 nitrogen and oxygen atoms in total. The summed E-state index contributed by atoms with van der Waals surface area (Å²) in [6, 6.07) is 9.86. The lowest BCUT2D eigenvalue weighted by atomic mass is 9.61. The number of nitrogens with two attached hydrogens (primary N) is 1. The van der Waals surface area contributed by atoms with E-state index in [0.717, 1.165) is 23.6 Å². The maximum absolute atomic E-state index is 5.96. The number of hydrogen-bond donors (Lipinski definition) is 2. The second-order valence-corrected chi connectivity index (χ2v) is 5.50. The predicted octanol–water partition coefficient (Wildman–Crippen LogP) is 2.74. The highest BCUT2D eigenvalue weighted by atomic mass is 35.5. The Morgan fingerprint density at radius 1 is 1.37 bits per heavy atom. The standard InChI is InChI=1S/C14H16ClN3O/c1-19-11-7-14(8-11,12-6-13(16)18-17-12)9-2-4-10(15)5-3-9/h2-6,11H,7-8H2,1H3,(H3,16,17,18). The van der Waals surface area contributed by atoms with Crippen molar-refractivity contribution >= 4 is 17.4 Å². The van der Waals surface area contributed by atoms with Gasteiger partial charge in [-0.25, -0.2) is 0 Å². The second kappa shape index (κ2) is 4.54. The number of benzene rings is 1. The highest BCUT2D eigenvalue weighted by Gasteiger charge is 2.48. The van der Waals surface area contributed by atoms with Gasteiger partial charge in [0.05, 0.1) is 6.10 Å². The molecule has 2 aromatic rings. The van der Waals surface area contributed by atoms with E-state index in [-0.39, 0.29) is 11.5 Å². The van der Waals surface area contributed by atoms with Crippen molar-refractivity contribution in [2.24, 2.45) is 0 Å². The zero-order valence-electron chi connectivity index (χ0n) is 10.7. The van der Waals surface area contributed by atoms with Crippen molar-refractivity contribution in [3.63, 3.8) is 0 Å². The molecule has 0 radical (unpaired) electrons. The molecule has 1 saturated carbocycles. The number of aromatic nitrogens is 2. The molecule has 100 valence electrons. The quantitative estimate of drug-likeness (QED) is 0.907. The fourth-order valence-electron chi connectivity index (χ4n) is 2.85. The van der Waals surface area contributed by atoms with Crippen molar-refractivity contribution in [2.75, 3.05) is 12.8 Å². The topological polar surface area (TPSA) is 63.9 Å². The largest absolute Gasteiger partial charge is 0.382 e. The summed E-state index contributed by atoms with van der Waals surface area (Å²) in [5, 5.41) is 7.83. The third kappa shape index (κ3) is 2.01. The summed E-state index contributed by atoms with van der Waals surface area (Å²) in [7, 11) is 1.75. The van der Waals surface area contributed by atoms with Gasteiger partial charge < -0.3 is 10.5 Å². The molecule has 0 amide bonds. The van der Waals surface area contributed by atoms with Crippen molar-refractivity contribution in [1.82, 2.24) is 10.2 Å².